The Kier molecular flexibility index (Phi) is 9.17. The lowest BCUT2D eigenvalue weighted by atomic mass is 9.43. The van der Waals surface area contributed by atoms with Crippen LogP contribution in [0.3, 0.4) is 0 Å². The molecule has 214 valence electrons. The third-order valence-electron chi connectivity index (χ3n) is 12.4. The minimum absolute atomic E-state index is 0. The van der Waals surface area contributed by atoms with Crippen molar-refractivity contribution in [2.24, 2.45) is 52.3 Å². The van der Waals surface area contributed by atoms with Gasteiger partial charge in [-0.3, -0.25) is 4.79 Å². The Labute approximate surface area is 239 Å². The normalized spacial score (nSPS) is 38.9. The van der Waals surface area contributed by atoms with Crippen molar-refractivity contribution in [2.45, 2.75) is 118 Å². The summed E-state index contributed by atoms with van der Waals surface area (Å²) in [6.07, 6.45) is 16.4. The predicted octanol–water partition coefficient (Wildman–Crippen LogP) is 8.91. The van der Waals surface area contributed by atoms with Crippen LogP contribution in [-0.2, 0) is 0 Å². The number of hydrogen-bond acceptors (Lipinski definition) is 2. The molecule has 0 aromatic heterocycles. The Bertz CT molecular complexity index is 946. The first kappa shape index (κ1) is 29.8. The van der Waals surface area contributed by atoms with E-state index in [0.29, 0.717) is 17.1 Å². The number of nitrogen functional groups attached to an aromatic ring is 1. The molecule has 0 saturated heterocycles. The van der Waals surface area contributed by atoms with Crippen LogP contribution in [0.25, 0.3) is 0 Å². The standard InChI is InChI=1S/C34H54N2O.ClH/c1-22(2)8-6-9-23(3)28-18-19-29-27-17-14-25-10-7-11-31(34(25,5)30(27)20-21-33(28,29)4)36-32(37)24-12-15-26(35)16-13-24;/h12-13,15-16,22-23,25,27-31H,6-11,14,17-21,35H2,1-5H3,(H,36,37);1H/t23-,25?,27+,28-,29+,30+,31?,33-,34+;/m1./s1. The van der Waals surface area contributed by atoms with Crippen molar-refractivity contribution in [3.63, 3.8) is 0 Å². The maximum Gasteiger partial charge on any atom is 0.251 e. The number of hydrogen-bond donors (Lipinski definition) is 2. The summed E-state index contributed by atoms with van der Waals surface area (Å²) < 4.78 is 0. The van der Waals surface area contributed by atoms with Gasteiger partial charge >= 0.3 is 0 Å². The molecule has 4 fully saturated rings. The van der Waals surface area contributed by atoms with E-state index in [4.69, 9.17) is 5.73 Å². The lowest BCUT2D eigenvalue weighted by molar-refractivity contribution is -0.126. The summed E-state index contributed by atoms with van der Waals surface area (Å²) in [5.41, 5.74) is 8.09. The van der Waals surface area contributed by atoms with Crippen LogP contribution in [0.15, 0.2) is 24.3 Å². The summed E-state index contributed by atoms with van der Waals surface area (Å²) in [6.45, 7) is 12.6. The Hall–Kier alpha value is -1.22. The van der Waals surface area contributed by atoms with Crippen molar-refractivity contribution in [2.75, 3.05) is 5.73 Å². The largest absolute Gasteiger partial charge is 0.399 e. The van der Waals surface area contributed by atoms with E-state index < -0.39 is 0 Å². The van der Waals surface area contributed by atoms with E-state index in [0.717, 1.165) is 53.4 Å². The molecular weight excluding hydrogens is 488 g/mol. The van der Waals surface area contributed by atoms with Gasteiger partial charge in [-0.25, -0.2) is 0 Å². The van der Waals surface area contributed by atoms with E-state index in [1.807, 2.05) is 24.3 Å². The lowest BCUT2D eigenvalue weighted by Gasteiger charge is -2.63. The van der Waals surface area contributed by atoms with Crippen LogP contribution in [0, 0.1) is 52.3 Å². The highest BCUT2D eigenvalue weighted by atomic mass is 35.5. The topological polar surface area (TPSA) is 55.1 Å². The number of benzene rings is 1. The highest BCUT2D eigenvalue weighted by Gasteiger charge is 2.62. The molecule has 3 N–H and O–H groups in total. The molecule has 2 unspecified atom stereocenters. The summed E-state index contributed by atoms with van der Waals surface area (Å²) >= 11 is 0. The van der Waals surface area contributed by atoms with E-state index in [1.54, 1.807) is 0 Å². The SMILES string of the molecule is CC(C)CCC[C@@H](C)[C@H]1CC[C@H]2[C@@H]3CCC4CCCC(NC(=O)c5ccc(N)cc5)[C@]4(C)[C@H]3CC[C@]12C.Cl. The molecule has 4 aliphatic carbocycles. The minimum atomic E-state index is 0. The minimum Gasteiger partial charge on any atom is -0.399 e. The Balaban J connectivity index is 0.00000336. The van der Waals surface area contributed by atoms with Crippen molar-refractivity contribution in [1.29, 1.82) is 0 Å². The van der Waals surface area contributed by atoms with Gasteiger partial charge in [0, 0.05) is 17.3 Å². The predicted molar refractivity (Wildman–Crippen MR) is 162 cm³/mol. The van der Waals surface area contributed by atoms with Crippen LogP contribution in [0.4, 0.5) is 5.69 Å². The molecule has 38 heavy (non-hydrogen) atoms. The highest BCUT2D eigenvalue weighted by Crippen LogP contribution is 2.68. The van der Waals surface area contributed by atoms with Gasteiger partial charge in [-0.05, 0) is 128 Å². The van der Waals surface area contributed by atoms with Crippen LogP contribution >= 0.6 is 12.4 Å². The zero-order valence-electron chi connectivity index (χ0n) is 24.8. The number of anilines is 1. The van der Waals surface area contributed by atoms with Crippen LogP contribution in [0.5, 0.6) is 0 Å². The van der Waals surface area contributed by atoms with Crippen molar-refractivity contribution in [3.8, 4) is 0 Å². The van der Waals surface area contributed by atoms with Gasteiger partial charge in [0.25, 0.3) is 5.91 Å². The van der Waals surface area contributed by atoms with Gasteiger partial charge in [-0.1, -0.05) is 60.3 Å². The second-order valence-corrected chi connectivity index (χ2v) is 14.6. The third-order valence-corrected chi connectivity index (χ3v) is 12.4. The fourth-order valence-electron chi connectivity index (χ4n) is 10.5. The van der Waals surface area contributed by atoms with Gasteiger partial charge in [0.05, 0.1) is 0 Å². The monoisotopic (exact) mass is 542 g/mol. The van der Waals surface area contributed by atoms with Crippen molar-refractivity contribution < 1.29 is 4.79 Å². The van der Waals surface area contributed by atoms with Crippen LogP contribution < -0.4 is 11.1 Å². The molecule has 4 heteroatoms. The Morgan fingerprint density at radius 3 is 2.39 bits per heavy atom. The second kappa shape index (κ2) is 11.7. The maximum absolute atomic E-state index is 13.3. The van der Waals surface area contributed by atoms with Gasteiger partial charge in [0.2, 0.25) is 0 Å². The van der Waals surface area contributed by atoms with Gasteiger partial charge in [0.1, 0.15) is 0 Å². The molecule has 0 spiro atoms. The average molecular weight is 543 g/mol. The smallest absolute Gasteiger partial charge is 0.251 e. The Morgan fingerprint density at radius 2 is 1.68 bits per heavy atom. The number of nitrogens with two attached hydrogens (primary N) is 1. The average Bonchev–Trinajstić information content (AvgIpc) is 3.22. The Morgan fingerprint density at radius 1 is 0.947 bits per heavy atom. The van der Waals surface area contributed by atoms with Gasteiger partial charge < -0.3 is 11.1 Å². The summed E-state index contributed by atoms with van der Waals surface area (Å²) in [5, 5.41) is 3.58. The number of fused-ring (bicyclic) bond motifs is 5. The van der Waals surface area contributed by atoms with E-state index in [2.05, 4.69) is 39.9 Å². The highest BCUT2D eigenvalue weighted by molar-refractivity contribution is 5.94. The first-order valence-electron chi connectivity index (χ1n) is 15.8. The number of carbonyl (C=O) groups excluding carboxylic acids is 1. The van der Waals surface area contributed by atoms with E-state index in [9.17, 15) is 4.79 Å². The number of rotatable bonds is 7. The summed E-state index contributed by atoms with van der Waals surface area (Å²) in [7, 11) is 0. The first-order chi connectivity index (χ1) is 17.6. The molecule has 0 radical (unpaired) electrons. The van der Waals surface area contributed by atoms with Gasteiger partial charge in [-0.2, -0.15) is 0 Å². The van der Waals surface area contributed by atoms with E-state index >= 15 is 0 Å². The van der Waals surface area contributed by atoms with Gasteiger partial charge in [-0.15, -0.1) is 12.4 Å². The molecule has 1 aromatic rings. The van der Waals surface area contributed by atoms with Crippen LogP contribution in [-0.4, -0.2) is 11.9 Å². The maximum atomic E-state index is 13.3. The fourth-order valence-corrected chi connectivity index (χ4v) is 10.5. The molecule has 4 aliphatic rings. The molecule has 3 nitrogen and oxygen atoms in total. The molecule has 1 aromatic carbocycles. The lowest BCUT2D eigenvalue weighted by Crippen LogP contribution is -2.61. The van der Waals surface area contributed by atoms with Crippen molar-refractivity contribution in [3.05, 3.63) is 29.8 Å². The van der Waals surface area contributed by atoms with E-state index in [1.165, 1.54) is 70.6 Å². The zero-order chi connectivity index (χ0) is 26.4. The summed E-state index contributed by atoms with van der Waals surface area (Å²) in [6, 6.07) is 7.74. The first-order valence-corrected chi connectivity index (χ1v) is 15.8. The number of nitrogens with one attached hydrogen (secondary N) is 1. The molecular formula is C34H55ClN2O. The molecule has 0 bridgehead atoms. The van der Waals surface area contributed by atoms with Crippen LogP contribution in [0.2, 0.25) is 0 Å². The number of halogens is 1. The van der Waals surface area contributed by atoms with Crippen molar-refractivity contribution in [1.82, 2.24) is 5.32 Å². The molecule has 9 atom stereocenters. The molecule has 0 heterocycles. The number of carbonyl (C=O) groups is 1. The van der Waals surface area contributed by atoms with Crippen molar-refractivity contribution >= 4 is 24.0 Å². The molecule has 0 aliphatic heterocycles. The zero-order valence-corrected chi connectivity index (χ0v) is 25.6. The van der Waals surface area contributed by atoms with E-state index in [-0.39, 0.29) is 23.7 Å². The second-order valence-electron chi connectivity index (χ2n) is 14.6. The molecule has 5 rings (SSSR count). The third kappa shape index (κ3) is 5.27. The van der Waals surface area contributed by atoms with Crippen LogP contribution in [0.1, 0.15) is 122 Å². The molecule has 4 saturated carbocycles. The number of amides is 1. The quantitative estimate of drug-likeness (QED) is 0.338. The molecule has 1 amide bonds. The fraction of sp³-hybridized carbons (Fsp3) is 0.794. The van der Waals surface area contributed by atoms with Gasteiger partial charge in [0.15, 0.2) is 0 Å². The summed E-state index contributed by atoms with van der Waals surface area (Å²) in [5.74, 6) is 5.94. The summed E-state index contributed by atoms with van der Waals surface area (Å²) in [4.78, 5) is 13.3.